The van der Waals surface area contributed by atoms with Crippen molar-refractivity contribution in [3.63, 3.8) is 0 Å². The zero-order chi connectivity index (χ0) is 17.0. The first-order chi connectivity index (χ1) is 11.5. The van der Waals surface area contributed by atoms with Crippen LogP contribution in [-0.4, -0.2) is 52.9 Å². The average molecular weight is 333 g/mol. The van der Waals surface area contributed by atoms with Gasteiger partial charge in [0, 0.05) is 25.4 Å². The van der Waals surface area contributed by atoms with Crippen molar-refractivity contribution < 1.29 is 14.6 Å². The van der Waals surface area contributed by atoms with Crippen LogP contribution in [0.25, 0.3) is 0 Å². The lowest BCUT2D eigenvalue weighted by molar-refractivity contribution is -0.200. The molecule has 6 heteroatoms. The molecule has 2 atom stereocenters. The van der Waals surface area contributed by atoms with E-state index in [9.17, 15) is 9.90 Å². The standard InChI is InChI=1S/C18H27N3O3/c1-17(21-15(22)3-2-14-4-9-19-10-5-14)8-13-24-18(16(17)23)6-11-20-12-7-18/h4-5,9-10,16,20,23H,2-3,6-8,11-13H2,1H3,(H,21,22)/t16-,17+/m0/s1. The third-order valence-electron chi connectivity index (χ3n) is 5.38. The highest BCUT2D eigenvalue weighted by Crippen LogP contribution is 2.38. The van der Waals surface area contributed by atoms with E-state index >= 15 is 0 Å². The number of pyridine rings is 1. The van der Waals surface area contributed by atoms with Crippen LogP contribution >= 0.6 is 0 Å². The summed E-state index contributed by atoms with van der Waals surface area (Å²) in [5.41, 5.74) is -0.0747. The lowest BCUT2D eigenvalue weighted by atomic mass is 9.73. The van der Waals surface area contributed by atoms with Crippen molar-refractivity contribution in [2.75, 3.05) is 19.7 Å². The molecular weight excluding hydrogens is 306 g/mol. The Balaban J connectivity index is 1.61. The summed E-state index contributed by atoms with van der Waals surface area (Å²) < 4.78 is 5.98. The van der Waals surface area contributed by atoms with E-state index in [1.165, 1.54) is 0 Å². The number of aryl methyl sites for hydroxylation is 1. The predicted octanol–water partition coefficient (Wildman–Crippen LogP) is 0.793. The molecule has 2 saturated heterocycles. The van der Waals surface area contributed by atoms with Crippen LogP contribution in [0.15, 0.2) is 24.5 Å². The number of ether oxygens (including phenoxy) is 1. The van der Waals surface area contributed by atoms with Crippen LogP contribution in [-0.2, 0) is 16.0 Å². The van der Waals surface area contributed by atoms with E-state index in [1.807, 2.05) is 19.1 Å². The van der Waals surface area contributed by atoms with Gasteiger partial charge in [-0.3, -0.25) is 9.78 Å². The van der Waals surface area contributed by atoms with Gasteiger partial charge in [0.05, 0.1) is 11.1 Å². The van der Waals surface area contributed by atoms with Crippen LogP contribution in [0.4, 0.5) is 0 Å². The van der Waals surface area contributed by atoms with Gasteiger partial charge in [-0.05, 0) is 63.4 Å². The minimum atomic E-state index is -0.689. The molecule has 0 saturated carbocycles. The summed E-state index contributed by atoms with van der Waals surface area (Å²) in [4.78, 5) is 16.4. The van der Waals surface area contributed by atoms with E-state index in [2.05, 4.69) is 15.6 Å². The highest BCUT2D eigenvalue weighted by molar-refractivity contribution is 5.77. The summed E-state index contributed by atoms with van der Waals surface area (Å²) in [6.45, 7) is 4.18. The number of nitrogens with one attached hydrogen (secondary N) is 2. The summed E-state index contributed by atoms with van der Waals surface area (Å²) in [5, 5.41) is 17.3. The summed E-state index contributed by atoms with van der Waals surface area (Å²) >= 11 is 0. The van der Waals surface area contributed by atoms with E-state index in [0.717, 1.165) is 31.5 Å². The van der Waals surface area contributed by atoms with Gasteiger partial charge in [0.1, 0.15) is 6.10 Å². The molecule has 24 heavy (non-hydrogen) atoms. The molecule has 0 bridgehead atoms. The second kappa shape index (κ2) is 7.17. The van der Waals surface area contributed by atoms with Gasteiger partial charge in [-0.15, -0.1) is 0 Å². The van der Waals surface area contributed by atoms with Crippen LogP contribution in [0.1, 0.15) is 38.2 Å². The molecule has 2 aliphatic heterocycles. The van der Waals surface area contributed by atoms with Crippen LogP contribution in [0, 0.1) is 0 Å². The van der Waals surface area contributed by atoms with Gasteiger partial charge >= 0.3 is 0 Å². The van der Waals surface area contributed by atoms with E-state index in [1.54, 1.807) is 12.4 Å². The van der Waals surface area contributed by atoms with Gasteiger partial charge in [-0.2, -0.15) is 0 Å². The van der Waals surface area contributed by atoms with Crippen LogP contribution < -0.4 is 10.6 Å². The summed E-state index contributed by atoms with van der Waals surface area (Å²) in [6, 6.07) is 3.84. The minimum Gasteiger partial charge on any atom is -0.388 e. The van der Waals surface area contributed by atoms with Gasteiger partial charge in [-0.25, -0.2) is 0 Å². The van der Waals surface area contributed by atoms with Crippen LogP contribution in [0.5, 0.6) is 0 Å². The van der Waals surface area contributed by atoms with Gasteiger partial charge < -0.3 is 20.5 Å². The fourth-order valence-electron chi connectivity index (χ4n) is 3.85. The lowest BCUT2D eigenvalue weighted by Gasteiger charge is -2.52. The van der Waals surface area contributed by atoms with Gasteiger partial charge in [0.15, 0.2) is 0 Å². The van der Waals surface area contributed by atoms with Crippen molar-refractivity contribution in [2.24, 2.45) is 0 Å². The Kier molecular flexibility index (Phi) is 5.18. The number of aliphatic hydroxyl groups is 1. The monoisotopic (exact) mass is 333 g/mol. The van der Waals surface area contributed by atoms with Gasteiger partial charge in [-0.1, -0.05) is 0 Å². The maximum Gasteiger partial charge on any atom is 0.220 e. The maximum absolute atomic E-state index is 12.4. The molecule has 132 valence electrons. The molecule has 2 aliphatic rings. The van der Waals surface area contributed by atoms with Crippen molar-refractivity contribution in [2.45, 2.75) is 56.3 Å². The van der Waals surface area contributed by atoms with Crippen molar-refractivity contribution in [1.82, 2.24) is 15.6 Å². The maximum atomic E-state index is 12.4. The Morgan fingerprint density at radius 1 is 1.38 bits per heavy atom. The van der Waals surface area contributed by atoms with Crippen molar-refractivity contribution in [3.05, 3.63) is 30.1 Å². The van der Waals surface area contributed by atoms with Crippen LogP contribution in [0.3, 0.4) is 0 Å². The number of hydrogen-bond acceptors (Lipinski definition) is 5. The highest BCUT2D eigenvalue weighted by Gasteiger charge is 2.52. The number of amides is 1. The number of nitrogens with zero attached hydrogens (tertiary/aromatic N) is 1. The zero-order valence-corrected chi connectivity index (χ0v) is 14.3. The number of aromatic nitrogens is 1. The number of carbonyl (C=O) groups excluding carboxylic acids is 1. The highest BCUT2D eigenvalue weighted by atomic mass is 16.5. The first-order valence-corrected chi connectivity index (χ1v) is 8.77. The quantitative estimate of drug-likeness (QED) is 0.759. The molecule has 0 unspecified atom stereocenters. The molecule has 1 aromatic heterocycles. The second-order valence-electron chi connectivity index (χ2n) is 7.14. The molecule has 0 radical (unpaired) electrons. The molecule has 2 fully saturated rings. The number of aliphatic hydroxyl groups excluding tert-OH is 1. The first-order valence-electron chi connectivity index (χ1n) is 8.77. The molecule has 1 amide bonds. The Morgan fingerprint density at radius 3 is 2.79 bits per heavy atom. The second-order valence-corrected chi connectivity index (χ2v) is 7.14. The largest absolute Gasteiger partial charge is 0.388 e. The fourth-order valence-corrected chi connectivity index (χ4v) is 3.85. The SMILES string of the molecule is C[C@@]1(NC(=O)CCc2ccncc2)CCOC2(CCNCC2)[C@H]1O. The average Bonchev–Trinajstić information content (AvgIpc) is 2.60. The number of carbonyl (C=O) groups is 1. The Labute approximate surface area is 143 Å². The molecule has 1 spiro atoms. The Bertz CT molecular complexity index is 554. The predicted molar refractivity (Wildman–Crippen MR) is 90.5 cm³/mol. The summed E-state index contributed by atoms with van der Waals surface area (Å²) in [5.74, 6) is -0.0284. The Morgan fingerprint density at radius 2 is 2.08 bits per heavy atom. The molecule has 1 aromatic rings. The molecule has 0 aliphatic carbocycles. The third kappa shape index (κ3) is 3.61. The topological polar surface area (TPSA) is 83.5 Å². The Hall–Kier alpha value is -1.50. The smallest absolute Gasteiger partial charge is 0.220 e. The first kappa shape index (κ1) is 17.3. The van der Waals surface area contributed by atoms with E-state index in [0.29, 0.717) is 25.9 Å². The summed E-state index contributed by atoms with van der Waals surface area (Å²) in [6.07, 6.45) is 6.03. The van der Waals surface area contributed by atoms with Gasteiger partial charge in [0.25, 0.3) is 0 Å². The van der Waals surface area contributed by atoms with Crippen LogP contribution in [0.2, 0.25) is 0 Å². The number of hydrogen-bond donors (Lipinski definition) is 3. The lowest BCUT2D eigenvalue weighted by Crippen LogP contribution is -2.69. The minimum absolute atomic E-state index is 0.0284. The fraction of sp³-hybridized carbons (Fsp3) is 0.667. The molecule has 3 N–H and O–H groups in total. The molecule has 0 aromatic carbocycles. The van der Waals surface area contributed by atoms with Crippen molar-refractivity contribution in [3.8, 4) is 0 Å². The molecule has 3 rings (SSSR count). The normalized spacial score (nSPS) is 29.3. The number of rotatable bonds is 4. The van der Waals surface area contributed by atoms with E-state index in [4.69, 9.17) is 4.74 Å². The summed E-state index contributed by atoms with van der Waals surface area (Å²) in [7, 11) is 0. The van der Waals surface area contributed by atoms with E-state index in [-0.39, 0.29) is 5.91 Å². The third-order valence-corrected chi connectivity index (χ3v) is 5.38. The van der Waals surface area contributed by atoms with Crippen molar-refractivity contribution >= 4 is 5.91 Å². The molecule has 6 nitrogen and oxygen atoms in total. The molecular formula is C18H27N3O3. The number of piperidine rings is 1. The van der Waals surface area contributed by atoms with Crippen molar-refractivity contribution in [1.29, 1.82) is 0 Å². The van der Waals surface area contributed by atoms with Gasteiger partial charge in [0.2, 0.25) is 5.91 Å². The zero-order valence-electron chi connectivity index (χ0n) is 14.3. The molecule has 3 heterocycles. The van der Waals surface area contributed by atoms with E-state index < -0.39 is 17.2 Å².